The molecule has 2 nitrogen and oxygen atoms in total. The van der Waals surface area contributed by atoms with Gasteiger partial charge in [-0.2, -0.15) is 0 Å². The van der Waals surface area contributed by atoms with E-state index in [0.717, 1.165) is 0 Å². The van der Waals surface area contributed by atoms with Crippen molar-refractivity contribution in [1.82, 2.24) is 0 Å². The molecular weight excluding hydrogens is 204 g/mol. The fraction of sp³-hybridized carbons (Fsp3) is 1.00. The predicted octanol–water partition coefficient (Wildman–Crippen LogP) is 1.82. The van der Waals surface area contributed by atoms with Gasteiger partial charge in [0.25, 0.3) is 0 Å². The fourth-order valence-electron chi connectivity index (χ4n) is 1.49. The van der Waals surface area contributed by atoms with E-state index in [-0.39, 0.29) is 13.0 Å². The molecule has 1 rings (SSSR count). The minimum atomic E-state index is -4.14. The van der Waals surface area contributed by atoms with Crippen LogP contribution in [0, 0.1) is 0 Å². The number of halogens is 4. The Labute approximate surface area is 78.9 Å². The summed E-state index contributed by atoms with van der Waals surface area (Å²) in [5, 5.41) is 9.52. The molecule has 6 heteroatoms. The highest BCUT2D eigenvalue weighted by atomic mass is 19.3. The zero-order valence-corrected chi connectivity index (χ0v) is 7.48. The topological polar surface area (TPSA) is 29.5 Å². The van der Waals surface area contributed by atoms with Gasteiger partial charge in [0, 0.05) is 13.0 Å². The first kappa shape index (κ1) is 11.7. The van der Waals surface area contributed by atoms with Crippen molar-refractivity contribution in [1.29, 1.82) is 0 Å². The first-order chi connectivity index (χ1) is 6.36. The molecular formula is C8H12F4O2. The van der Waals surface area contributed by atoms with Crippen LogP contribution in [0.4, 0.5) is 17.6 Å². The van der Waals surface area contributed by atoms with Crippen LogP contribution in [0.15, 0.2) is 0 Å². The molecule has 0 aromatic rings. The van der Waals surface area contributed by atoms with Crippen LogP contribution in [0.2, 0.25) is 0 Å². The summed E-state index contributed by atoms with van der Waals surface area (Å²) in [4.78, 5) is 0. The molecule has 1 aliphatic heterocycles. The lowest BCUT2D eigenvalue weighted by Gasteiger charge is -2.34. The van der Waals surface area contributed by atoms with Crippen molar-refractivity contribution < 1.29 is 27.4 Å². The third-order valence-corrected chi connectivity index (χ3v) is 2.19. The first-order valence-corrected chi connectivity index (χ1v) is 4.32. The van der Waals surface area contributed by atoms with Gasteiger partial charge in [-0.15, -0.1) is 0 Å². The molecule has 0 radical (unpaired) electrons. The monoisotopic (exact) mass is 216 g/mol. The Kier molecular flexibility index (Phi) is 3.36. The normalized spacial score (nSPS) is 29.6. The summed E-state index contributed by atoms with van der Waals surface area (Å²) in [5.41, 5.74) is -1.81. The van der Waals surface area contributed by atoms with Gasteiger partial charge < -0.3 is 9.84 Å². The Morgan fingerprint density at radius 2 is 2.07 bits per heavy atom. The molecule has 0 aliphatic carbocycles. The van der Waals surface area contributed by atoms with Crippen molar-refractivity contribution in [2.75, 3.05) is 13.2 Å². The molecule has 1 aliphatic rings. The Hall–Kier alpha value is -0.360. The van der Waals surface area contributed by atoms with E-state index < -0.39 is 24.4 Å². The first-order valence-electron chi connectivity index (χ1n) is 4.32. The van der Waals surface area contributed by atoms with Crippen LogP contribution >= 0.6 is 0 Å². The molecule has 0 amide bonds. The minimum Gasteiger partial charge on any atom is -0.387 e. The summed E-state index contributed by atoms with van der Waals surface area (Å²) >= 11 is 0. The number of aliphatic hydroxyl groups is 1. The molecule has 1 atom stereocenters. The average Bonchev–Trinajstić information content (AvgIpc) is 2.03. The van der Waals surface area contributed by atoms with Gasteiger partial charge in [-0.1, -0.05) is 0 Å². The third kappa shape index (κ3) is 2.81. The van der Waals surface area contributed by atoms with Gasteiger partial charge in [-0.25, -0.2) is 17.6 Å². The molecule has 1 fully saturated rings. The van der Waals surface area contributed by atoms with Gasteiger partial charge in [-0.3, -0.25) is 0 Å². The Bertz CT molecular complexity index is 190. The number of hydrogen-bond donors (Lipinski definition) is 1. The molecule has 84 valence electrons. The lowest BCUT2D eigenvalue weighted by Crippen LogP contribution is -2.45. The fourth-order valence-corrected chi connectivity index (χ4v) is 1.49. The number of ether oxygens (including phenoxy) is 1. The summed E-state index contributed by atoms with van der Waals surface area (Å²) in [6.45, 7) is 0.0812. The second kappa shape index (κ2) is 4.02. The van der Waals surface area contributed by atoms with Gasteiger partial charge in [0.05, 0.1) is 12.2 Å². The Balaban J connectivity index is 2.56. The smallest absolute Gasteiger partial charge is 0.310 e. The molecule has 1 saturated heterocycles. The van der Waals surface area contributed by atoms with E-state index in [1.807, 2.05) is 0 Å². The van der Waals surface area contributed by atoms with Crippen molar-refractivity contribution >= 4 is 0 Å². The van der Waals surface area contributed by atoms with Gasteiger partial charge in [-0.05, 0) is 12.8 Å². The maximum absolute atomic E-state index is 12.6. The van der Waals surface area contributed by atoms with Gasteiger partial charge in [0.1, 0.15) is 0 Å². The zero-order chi connectivity index (χ0) is 10.8. The molecule has 1 unspecified atom stereocenters. The summed E-state index contributed by atoms with van der Waals surface area (Å²) in [7, 11) is 0. The second-order valence-corrected chi connectivity index (χ2v) is 3.62. The number of alkyl halides is 4. The van der Waals surface area contributed by atoms with Crippen molar-refractivity contribution in [3.8, 4) is 0 Å². The highest BCUT2D eigenvalue weighted by Gasteiger charge is 2.48. The lowest BCUT2D eigenvalue weighted by molar-refractivity contribution is -0.189. The summed E-state index contributed by atoms with van der Waals surface area (Å²) < 4.78 is 53.7. The van der Waals surface area contributed by atoms with Crippen LogP contribution in [0.25, 0.3) is 0 Å². The van der Waals surface area contributed by atoms with Crippen LogP contribution in [-0.2, 0) is 4.74 Å². The van der Waals surface area contributed by atoms with Crippen LogP contribution in [0.3, 0.4) is 0 Å². The Morgan fingerprint density at radius 1 is 1.43 bits per heavy atom. The molecule has 14 heavy (non-hydrogen) atoms. The number of hydrogen-bond acceptors (Lipinski definition) is 2. The number of rotatable bonds is 3. The molecule has 0 bridgehead atoms. The van der Waals surface area contributed by atoms with E-state index in [0.29, 0.717) is 13.0 Å². The van der Waals surface area contributed by atoms with E-state index in [4.69, 9.17) is 4.74 Å². The molecule has 1 N–H and O–H groups in total. The van der Waals surface area contributed by atoms with Crippen LogP contribution in [0.1, 0.15) is 19.3 Å². The van der Waals surface area contributed by atoms with E-state index in [1.165, 1.54) is 0 Å². The van der Waals surface area contributed by atoms with Crippen molar-refractivity contribution in [3.05, 3.63) is 0 Å². The SMILES string of the molecule is OC1(CC(F)(F)C(F)F)CCCOC1. The minimum absolute atomic E-state index is 0.0787. The average molecular weight is 216 g/mol. The van der Waals surface area contributed by atoms with Gasteiger partial charge in [0.2, 0.25) is 0 Å². The summed E-state index contributed by atoms with van der Waals surface area (Å²) in [6, 6.07) is 0. The summed E-state index contributed by atoms with van der Waals surface area (Å²) in [5.74, 6) is -4.14. The quantitative estimate of drug-likeness (QED) is 0.729. The third-order valence-electron chi connectivity index (χ3n) is 2.19. The molecule has 0 spiro atoms. The largest absolute Gasteiger partial charge is 0.387 e. The predicted molar refractivity (Wildman–Crippen MR) is 40.6 cm³/mol. The lowest BCUT2D eigenvalue weighted by atomic mass is 9.90. The van der Waals surface area contributed by atoms with Gasteiger partial charge in [0.15, 0.2) is 0 Å². The maximum atomic E-state index is 12.6. The maximum Gasteiger partial charge on any atom is 0.310 e. The molecule has 0 saturated carbocycles. The molecule has 0 aromatic heterocycles. The van der Waals surface area contributed by atoms with Crippen molar-refractivity contribution in [3.63, 3.8) is 0 Å². The zero-order valence-electron chi connectivity index (χ0n) is 7.48. The molecule has 0 aromatic carbocycles. The van der Waals surface area contributed by atoms with E-state index in [1.54, 1.807) is 0 Å². The van der Waals surface area contributed by atoms with Crippen molar-refractivity contribution in [2.45, 2.75) is 37.2 Å². The van der Waals surface area contributed by atoms with E-state index >= 15 is 0 Å². The highest BCUT2D eigenvalue weighted by Crippen LogP contribution is 2.35. The van der Waals surface area contributed by atoms with E-state index in [2.05, 4.69) is 0 Å². The standard InChI is InChI=1S/C8H12F4O2/c9-6(10)8(11,12)4-7(13)2-1-3-14-5-7/h6,13H,1-5H2. The second-order valence-electron chi connectivity index (χ2n) is 3.62. The van der Waals surface area contributed by atoms with Crippen LogP contribution in [-0.4, -0.2) is 36.3 Å². The van der Waals surface area contributed by atoms with Crippen molar-refractivity contribution in [2.24, 2.45) is 0 Å². The van der Waals surface area contributed by atoms with Crippen LogP contribution in [0.5, 0.6) is 0 Å². The van der Waals surface area contributed by atoms with Gasteiger partial charge >= 0.3 is 12.3 Å². The van der Waals surface area contributed by atoms with Crippen LogP contribution < -0.4 is 0 Å². The highest BCUT2D eigenvalue weighted by molar-refractivity contribution is 4.88. The Morgan fingerprint density at radius 3 is 2.50 bits per heavy atom. The summed E-state index contributed by atoms with van der Waals surface area (Å²) in [6.07, 6.45) is -4.49. The molecule has 1 heterocycles. The van der Waals surface area contributed by atoms with E-state index in [9.17, 15) is 22.7 Å².